The Kier molecular flexibility index (Phi) is 4.73. The number of hydrogen-bond acceptors (Lipinski definition) is 3. The van der Waals surface area contributed by atoms with Crippen LogP contribution in [0.5, 0.6) is 0 Å². The molecule has 0 bridgehead atoms. The monoisotopic (exact) mass is 252 g/mol. The van der Waals surface area contributed by atoms with Crippen molar-refractivity contribution in [3.63, 3.8) is 0 Å². The second-order valence-corrected chi connectivity index (χ2v) is 6.23. The van der Waals surface area contributed by atoms with Crippen molar-refractivity contribution in [1.29, 1.82) is 5.26 Å². The highest BCUT2D eigenvalue weighted by atomic mass is 32.2. The van der Waals surface area contributed by atoms with Crippen LogP contribution in [0.15, 0.2) is 0 Å². The molecule has 17 heavy (non-hydrogen) atoms. The maximum atomic E-state index is 12.4. The highest BCUT2D eigenvalue weighted by Crippen LogP contribution is 2.30. The third kappa shape index (κ3) is 3.16. The summed E-state index contributed by atoms with van der Waals surface area (Å²) in [5.41, 5.74) is 0. The van der Waals surface area contributed by atoms with Crippen LogP contribution in [0.2, 0.25) is 0 Å². The molecule has 4 heteroatoms. The molecule has 0 aromatic rings. The van der Waals surface area contributed by atoms with Crippen LogP contribution in [0.4, 0.5) is 0 Å². The van der Waals surface area contributed by atoms with Gasteiger partial charge in [-0.3, -0.25) is 4.79 Å². The summed E-state index contributed by atoms with van der Waals surface area (Å²) in [6.07, 6.45) is 7.98. The SMILES string of the molecule is N#CCN(C(=O)C1CCCCS1)C1CCCC1. The molecule has 1 unspecified atom stereocenters. The van der Waals surface area contributed by atoms with Gasteiger partial charge in [-0.2, -0.15) is 5.26 Å². The predicted molar refractivity (Wildman–Crippen MR) is 69.7 cm³/mol. The van der Waals surface area contributed by atoms with Crippen molar-refractivity contribution in [2.24, 2.45) is 0 Å². The topological polar surface area (TPSA) is 44.1 Å². The van der Waals surface area contributed by atoms with Gasteiger partial charge in [-0.15, -0.1) is 11.8 Å². The van der Waals surface area contributed by atoms with Crippen LogP contribution < -0.4 is 0 Å². The van der Waals surface area contributed by atoms with E-state index in [0.29, 0.717) is 6.04 Å². The lowest BCUT2D eigenvalue weighted by molar-refractivity contribution is -0.132. The molecule has 0 spiro atoms. The summed E-state index contributed by atoms with van der Waals surface area (Å²) >= 11 is 1.78. The summed E-state index contributed by atoms with van der Waals surface area (Å²) in [7, 11) is 0. The molecule has 2 fully saturated rings. The van der Waals surface area contributed by atoms with Gasteiger partial charge in [-0.05, 0) is 31.4 Å². The lowest BCUT2D eigenvalue weighted by Gasteiger charge is -2.31. The van der Waals surface area contributed by atoms with E-state index >= 15 is 0 Å². The Bertz CT molecular complexity index is 301. The third-order valence-electron chi connectivity index (χ3n) is 3.74. The first kappa shape index (κ1) is 12.8. The Balaban J connectivity index is 1.98. The molecule has 94 valence electrons. The molecule has 0 aromatic heterocycles. The minimum absolute atomic E-state index is 0.123. The van der Waals surface area contributed by atoms with Crippen molar-refractivity contribution in [1.82, 2.24) is 4.90 Å². The summed E-state index contributed by atoms with van der Waals surface area (Å²) < 4.78 is 0. The highest BCUT2D eigenvalue weighted by molar-refractivity contribution is 8.00. The first-order valence-electron chi connectivity index (χ1n) is 6.62. The van der Waals surface area contributed by atoms with Gasteiger partial charge in [0, 0.05) is 6.04 Å². The van der Waals surface area contributed by atoms with E-state index < -0.39 is 0 Å². The fourth-order valence-electron chi connectivity index (χ4n) is 2.80. The standard InChI is InChI=1S/C13H20N2OS/c14-8-9-15(11-5-1-2-6-11)13(16)12-7-3-4-10-17-12/h11-12H,1-7,9-10H2. The normalized spacial score (nSPS) is 25.5. The highest BCUT2D eigenvalue weighted by Gasteiger charge is 2.32. The van der Waals surface area contributed by atoms with Crippen LogP contribution >= 0.6 is 11.8 Å². The molecule has 0 N–H and O–H groups in total. The molecule has 1 aliphatic carbocycles. The molecular formula is C13H20N2OS. The van der Waals surface area contributed by atoms with Crippen molar-refractivity contribution in [3.05, 3.63) is 0 Å². The Morgan fingerprint density at radius 1 is 1.24 bits per heavy atom. The van der Waals surface area contributed by atoms with Gasteiger partial charge in [0.05, 0.1) is 11.3 Å². The van der Waals surface area contributed by atoms with Gasteiger partial charge >= 0.3 is 0 Å². The molecule has 1 saturated heterocycles. The van der Waals surface area contributed by atoms with Gasteiger partial charge in [0.2, 0.25) is 5.91 Å². The van der Waals surface area contributed by atoms with Crippen molar-refractivity contribution in [2.45, 2.75) is 56.2 Å². The van der Waals surface area contributed by atoms with Crippen molar-refractivity contribution < 1.29 is 4.79 Å². The van der Waals surface area contributed by atoms with Gasteiger partial charge < -0.3 is 4.90 Å². The molecule has 0 aromatic carbocycles. The van der Waals surface area contributed by atoms with Crippen LogP contribution in [0, 0.1) is 11.3 Å². The zero-order chi connectivity index (χ0) is 12.1. The number of nitrogens with zero attached hydrogens (tertiary/aromatic N) is 2. The first-order valence-corrected chi connectivity index (χ1v) is 7.67. The van der Waals surface area contributed by atoms with Gasteiger partial charge in [0.25, 0.3) is 0 Å². The first-order chi connectivity index (χ1) is 8.33. The minimum Gasteiger partial charge on any atom is -0.325 e. The molecule has 1 amide bonds. The molecule has 2 aliphatic rings. The van der Waals surface area contributed by atoms with Crippen LogP contribution in [-0.2, 0) is 4.79 Å². The van der Waals surface area contributed by atoms with Crippen LogP contribution in [0.3, 0.4) is 0 Å². The van der Waals surface area contributed by atoms with Gasteiger partial charge in [-0.25, -0.2) is 0 Å². The number of hydrogen-bond donors (Lipinski definition) is 0. The maximum Gasteiger partial charge on any atom is 0.236 e. The largest absolute Gasteiger partial charge is 0.325 e. The Morgan fingerprint density at radius 2 is 1.94 bits per heavy atom. The van der Waals surface area contributed by atoms with Crippen molar-refractivity contribution in [3.8, 4) is 6.07 Å². The molecule has 2 rings (SSSR count). The summed E-state index contributed by atoms with van der Waals surface area (Å²) in [4.78, 5) is 14.3. The van der Waals surface area contributed by atoms with Crippen LogP contribution in [0.1, 0.15) is 44.9 Å². The quantitative estimate of drug-likeness (QED) is 0.725. The number of amides is 1. The predicted octanol–water partition coefficient (Wildman–Crippen LogP) is 2.57. The van der Waals surface area contributed by atoms with E-state index in [9.17, 15) is 4.79 Å². The smallest absolute Gasteiger partial charge is 0.236 e. The minimum atomic E-state index is 0.123. The summed E-state index contributed by atoms with van der Waals surface area (Å²) in [5, 5.41) is 9.02. The van der Waals surface area contributed by atoms with E-state index in [0.717, 1.165) is 31.4 Å². The fourth-order valence-corrected chi connectivity index (χ4v) is 4.07. The molecule has 1 saturated carbocycles. The van der Waals surface area contributed by atoms with E-state index in [1.165, 1.54) is 19.3 Å². The number of carbonyl (C=O) groups excluding carboxylic acids is 1. The summed E-state index contributed by atoms with van der Waals surface area (Å²) in [5.74, 6) is 1.32. The van der Waals surface area contributed by atoms with Crippen LogP contribution in [-0.4, -0.2) is 34.4 Å². The van der Waals surface area contributed by atoms with E-state index in [1.54, 1.807) is 11.8 Å². The Hall–Kier alpha value is -0.690. The number of carbonyl (C=O) groups is 1. The molecule has 0 radical (unpaired) electrons. The van der Waals surface area contributed by atoms with E-state index in [-0.39, 0.29) is 17.7 Å². The molecule has 1 heterocycles. The fraction of sp³-hybridized carbons (Fsp3) is 0.846. The average molecular weight is 252 g/mol. The second-order valence-electron chi connectivity index (χ2n) is 4.92. The summed E-state index contributed by atoms with van der Waals surface area (Å²) in [6, 6.07) is 2.50. The van der Waals surface area contributed by atoms with E-state index in [2.05, 4.69) is 6.07 Å². The Labute approximate surface area is 108 Å². The molecule has 3 nitrogen and oxygen atoms in total. The zero-order valence-corrected chi connectivity index (χ0v) is 11.0. The van der Waals surface area contributed by atoms with Crippen molar-refractivity contribution >= 4 is 17.7 Å². The lowest BCUT2D eigenvalue weighted by atomic mass is 10.1. The van der Waals surface area contributed by atoms with Crippen LogP contribution in [0.25, 0.3) is 0 Å². The van der Waals surface area contributed by atoms with Crippen molar-refractivity contribution in [2.75, 3.05) is 12.3 Å². The number of thioether (sulfide) groups is 1. The van der Waals surface area contributed by atoms with Gasteiger partial charge in [-0.1, -0.05) is 19.3 Å². The summed E-state index contributed by atoms with van der Waals surface area (Å²) in [6.45, 7) is 0.278. The second kappa shape index (κ2) is 6.30. The number of nitriles is 1. The Morgan fingerprint density at radius 3 is 2.53 bits per heavy atom. The molecular weight excluding hydrogens is 232 g/mol. The van der Waals surface area contributed by atoms with E-state index in [4.69, 9.17) is 5.26 Å². The number of rotatable bonds is 3. The zero-order valence-electron chi connectivity index (χ0n) is 10.2. The average Bonchev–Trinajstić information content (AvgIpc) is 2.90. The molecule has 1 aliphatic heterocycles. The maximum absolute atomic E-state index is 12.4. The van der Waals surface area contributed by atoms with Gasteiger partial charge in [0.1, 0.15) is 6.54 Å². The van der Waals surface area contributed by atoms with E-state index in [1.807, 2.05) is 4.90 Å². The molecule has 1 atom stereocenters. The lowest BCUT2D eigenvalue weighted by Crippen LogP contribution is -2.44. The van der Waals surface area contributed by atoms with Gasteiger partial charge in [0.15, 0.2) is 0 Å². The third-order valence-corrected chi connectivity index (χ3v) is 5.11.